The van der Waals surface area contributed by atoms with Gasteiger partial charge in [0.15, 0.2) is 0 Å². The van der Waals surface area contributed by atoms with Gasteiger partial charge in [0, 0.05) is 11.6 Å². The Morgan fingerprint density at radius 1 is 1.10 bits per heavy atom. The zero-order valence-corrected chi connectivity index (χ0v) is 13.9. The summed E-state index contributed by atoms with van der Waals surface area (Å²) in [5.41, 5.74) is 0.534. The first kappa shape index (κ1) is 16.4. The van der Waals surface area contributed by atoms with Crippen molar-refractivity contribution in [1.82, 2.24) is 4.90 Å². The van der Waals surface area contributed by atoms with Crippen molar-refractivity contribution in [1.29, 1.82) is 0 Å². The van der Waals surface area contributed by atoms with E-state index in [1.807, 2.05) is 26.0 Å². The van der Waals surface area contributed by atoms with Crippen LogP contribution in [0.15, 0.2) is 24.3 Å². The van der Waals surface area contributed by atoms with E-state index >= 15 is 0 Å². The molecule has 1 N–H and O–H groups in total. The summed E-state index contributed by atoms with van der Waals surface area (Å²) in [6.45, 7) is 11.4. The summed E-state index contributed by atoms with van der Waals surface area (Å²) >= 11 is 0. The maximum absolute atomic E-state index is 13.2. The SMILES string of the molecule is CC(C)(O)[C@@H]1CCN(C(C)(C)C)[C@H](c2ccc(F)cc2)C1. The highest BCUT2D eigenvalue weighted by Crippen LogP contribution is 2.42. The summed E-state index contributed by atoms with van der Waals surface area (Å²) in [5, 5.41) is 10.4. The quantitative estimate of drug-likeness (QED) is 0.885. The lowest BCUT2D eigenvalue weighted by Crippen LogP contribution is -2.50. The Morgan fingerprint density at radius 2 is 1.67 bits per heavy atom. The molecule has 118 valence electrons. The minimum Gasteiger partial charge on any atom is -0.390 e. The van der Waals surface area contributed by atoms with Crippen molar-refractivity contribution < 1.29 is 9.50 Å². The Bertz CT molecular complexity index is 469. The molecule has 1 fully saturated rings. The van der Waals surface area contributed by atoms with Gasteiger partial charge in [0.2, 0.25) is 0 Å². The van der Waals surface area contributed by atoms with Gasteiger partial charge in [-0.05, 0) is 77.6 Å². The monoisotopic (exact) mass is 293 g/mol. The Kier molecular flexibility index (Phi) is 4.46. The molecule has 0 bridgehead atoms. The van der Waals surface area contributed by atoms with Gasteiger partial charge in [0.05, 0.1) is 5.60 Å². The Hall–Kier alpha value is -0.930. The van der Waals surface area contributed by atoms with Crippen molar-refractivity contribution in [2.75, 3.05) is 6.54 Å². The van der Waals surface area contributed by atoms with Gasteiger partial charge in [0.1, 0.15) is 5.82 Å². The van der Waals surface area contributed by atoms with Crippen LogP contribution >= 0.6 is 0 Å². The van der Waals surface area contributed by atoms with Crippen molar-refractivity contribution in [2.45, 2.75) is 64.6 Å². The molecular weight excluding hydrogens is 265 g/mol. The lowest BCUT2D eigenvalue weighted by atomic mass is 9.77. The number of rotatable bonds is 2. The molecule has 1 aliphatic rings. The standard InChI is InChI=1S/C18H28FNO/c1-17(2,3)20-11-10-14(18(4,5)21)12-16(20)13-6-8-15(19)9-7-13/h6-9,14,16,21H,10-12H2,1-5H3/t14-,16+/m1/s1. The van der Waals surface area contributed by atoms with E-state index in [1.54, 1.807) is 0 Å². The van der Waals surface area contributed by atoms with Crippen LogP contribution in [-0.4, -0.2) is 27.7 Å². The van der Waals surface area contributed by atoms with E-state index in [2.05, 4.69) is 25.7 Å². The van der Waals surface area contributed by atoms with E-state index < -0.39 is 5.60 Å². The zero-order chi connectivity index (χ0) is 15.8. The second-order valence-corrected chi connectivity index (χ2v) is 7.81. The van der Waals surface area contributed by atoms with Gasteiger partial charge in [-0.1, -0.05) is 12.1 Å². The van der Waals surface area contributed by atoms with Crippen LogP contribution in [0.5, 0.6) is 0 Å². The molecule has 0 saturated carbocycles. The fraction of sp³-hybridized carbons (Fsp3) is 0.667. The minimum absolute atomic E-state index is 0.0591. The highest BCUT2D eigenvalue weighted by Gasteiger charge is 2.40. The molecular formula is C18H28FNO. The summed E-state index contributed by atoms with van der Waals surface area (Å²) < 4.78 is 13.2. The van der Waals surface area contributed by atoms with Crippen molar-refractivity contribution in [2.24, 2.45) is 5.92 Å². The molecule has 2 atom stereocenters. The van der Waals surface area contributed by atoms with Crippen molar-refractivity contribution >= 4 is 0 Å². The summed E-state index contributed by atoms with van der Waals surface area (Å²) in [7, 11) is 0. The fourth-order valence-corrected chi connectivity index (χ4v) is 3.41. The predicted molar refractivity (Wildman–Crippen MR) is 84.6 cm³/mol. The topological polar surface area (TPSA) is 23.5 Å². The van der Waals surface area contributed by atoms with Crippen LogP contribution in [0, 0.1) is 11.7 Å². The summed E-state index contributed by atoms with van der Waals surface area (Å²) in [4.78, 5) is 2.47. The van der Waals surface area contributed by atoms with Gasteiger partial charge in [-0.25, -0.2) is 4.39 Å². The van der Waals surface area contributed by atoms with Crippen molar-refractivity contribution in [3.8, 4) is 0 Å². The molecule has 0 aliphatic carbocycles. The van der Waals surface area contributed by atoms with Crippen LogP contribution < -0.4 is 0 Å². The zero-order valence-electron chi connectivity index (χ0n) is 13.9. The second kappa shape index (κ2) is 5.69. The molecule has 21 heavy (non-hydrogen) atoms. The Labute approximate surface area is 128 Å². The molecule has 0 amide bonds. The molecule has 0 radical (unpaired) electrons. The third kappa shape index (κ3) is 3.83. The molecule has 0 aromatic heterocycles. The first-order valence-electron chi connectivity index (χ1n) is 7.83. The molecule has 2 nitrogen and oxygen atoms in total. The molecule has 1 heterocycles. The molecule has 1 saturated heterocycles. The summed E-state index contributed by atoms with van der Waals surface area (Å²) in [5.74, 6) is 0.0714. The van der Waals surface area contributed by atoms with Crippen LogP contribution in [0.4, 0.5) is 4.39 Å². The van der Waals surface area contributed by atoms with Gasteiger partial charge in [-0.2, -0.15) is 0 Å². The fourth-order valence-electron chi connectivity index (χ4n) is 3.41. The number of likely N-dealkylation sites (tertiary alicyclic amines) is 1. The third-order valence-corrected chi connectivity index (χ3v) is 4.72. The van der Waals surface area contributed by atoms with E-state index in [0.717, 1.165) is 24.9 Å². The van der Waals surface area contributed by atoms with Crippen molar-refractivity contribution in [3.05, 3.63) is 35.6 Å². The average Bonchev–Trinajstić information content (AvgIpc) is 2.37. The molecule has 0 spiro atoms. The van der Waals surface area contributed by atoms with E-state index in [4.69, 9.17) is 0 Å². The Morgan fingerprint density at radius 3 is 2.14 bits per heavy atom. The minimum atomic E-state index is -0.664. The van der Waals surface area contributed by atoms with Gasteiger partial charge in [0.25, 0.3) is 0 Å². The number of nitrogens with zero attached hydrogens (tertiary/aromatic N) is 1. The Balaban J connectivity index is 2.31. The number of hydrogen-bond acceptors (Lipinski definition) is 2. The number of halogens is 1. The van der Waals surface area contributed by atoms with Crippen LogP contribution in [-0.2, 0) is 0 Å². The van der Waals surface area contributed by atoms with Gasteiger partial charge >= 0.3 is 0 Å². The third-order valence-electron chi connectivity index (χ3n) is 4.72. The van der Waals surface area contributed by atoms with E-state index in [0.29, 0.717) is 0 Å². The molecule has 3 heteroatoms. The molecule has 1 aromatic carbocycles. The normalized spacial score (nSPS) is 25.1. The second-order valence-electron chi connectivity index (χ2n) is 7.81. The largest absolute Gasteiger partial charge is 0.390 e. The van der Waals surface area contributed by atoms with E-state index in [-0.39, 0.29) is 23.3 Å². The molecule has 1 aliphatic heterocycles. The van der Waals surface area contributed by atoms with Gasteiger partial charge < -0.3 is 5.11 Å². The number of hydrogen-bond donors (Lipinski definition) is 1. The number of aliphatic hydroxyl groups is 1. The summed E-state index contributed by atoms with van der Waals surface area (Å²) in [6.07, 6.45) is 1.91. The lowest BCUT2D eigenvalue weighted by Gasteiger charge is -2.49. The van der Waals surface area contributed by atoms with Crippen molar-refractivity contribution in [3.63, 3.8) is 0 Å². The van der Waals surface area contributed by atoms with Gasteiger partial charge in [-0.3, -0.25) is 4.90 Å². The lowest BCUT2D eigenvalue weighted by molar-refractivity contribution is -0.0513. The summed E-state index contributed by atoms with van der Waals surface area (Å²) in [6, 6.07) is 7.06. The first-order valence-corrected chi connectivity index (χ1v) is 7.83. The van der Waals surface area contributed by atoms with Crippen LogP contribution in [0.2, 0.25) is 0 Å². The highest BCUT2D eigenvalue weighted by atomic mass is 19.1. The predicted octanol–water partition coefficient (Wildman–Crippen LogP) is 4.15. The average molecular weight is 293 g/mol. The van der Waals surface area contributed by atoms with Crippen LogP contribution in [0.25, 0.3) is 0 Å². The molecule has 2 rings (SSSR count). The maximum atomic E-state index is 13.2. The van der Waals surface area contributed by atoms with Gasteiger partial charge in [-0.15, -0.1) is 0 Å². The highest BCUT2D eigenvalue weighted by molar-refractivity contribution is 5.21. The van der Waals surface area contributed by atoms with Crippen LogP contribution in [0.3, 0.4) is 0 Å². The molecule has 0 unspecified atom stereocenters. The smallest absolute Gasteiger partial charge is 0.123 e. The molecule has 1 aromatic rings. The van der Waals surface area contributed by atoms with E-state index in [1.165, 1.54) is 12.1 Å². The first-order chi connectivity index (χ1) is 9.59. The van der Waals surface area contributed by atoms with Crippen LogP contribution in [0.1, 0.15) is 59.1 Å². The number of benzene rings is 1. The maximum Gasteiger partial charge on any atom is 0.123 e. The van der Waals surface area contributed by atoms with E-state index in [9.17, 15) is 9.50 Å². The number of piperidine rings is 1.